The maximum Gasteiger partial charge on any atom is 0.168 e. The second-order valence-corrected chi connectivity index (χ2v) is 2.95. The number of hydrogen-bond acceptors (Lipinski definition) is 2. The largest absolute Gasteiger partial charge is 0.365 e. The number of carbonyl (C=O) groups is 1. The Kier molecular flexibility index (Phi) is 1.92. The summed E-state index contributed by atoms with van der Waals surface area (Å²) in [6.07, 6.45) is 0.399. The minimum Gasteiger partial charge on any atom is -0.365 e. The second kappa shape index (κ2) is 3.07. The molecule has 0 radical (unpaired) electrons. The molecule has 2 heteroatoms. The summed E-state index contributed by atoms with van der Waals surface area (Å²) in [5.41, 5.74) is 1.07. The molecular formula is C10H10O2. The number of rotatable bonds is 3. The molecule has 0 bridgehead atoms. The number of hydrogen-bond donors (Lipinski definition) is 0. The summed E-state index contributed by atoms with van der Waals surface area (Å²) in [6, 6.07) is 9.74. The molecule has 1 aromatic carbocycles. The van der Waals surface area contributed by atoms with Gasteiger partial charge in [-0.3, -0.25) is 4.79 Å². The van der Waals surface area contributed by atoms with E-state index in [4.69, 9.17) is 4.74 Å². The van der Waals surface area contributed by atoms with Crippen LogP contribution in [0.5, 0.6) is 0 Å². The molecule has 0 aromatic heterocycles. The molecule has 12 heavy (non-hydrogen) atoms. The zero-order valence-corrected chi connectivity index (χ0v) is 6.69. The number of Topliss-reactive ketones (excluding diaryl/α,β-unsaturated/α-hetero) is 1. The van der Waals surface area contributed by atoms with Crippen molar-refractivity contribution in [3.63, 3.8) is 0 Å². The van der Waals surface area contributed by atoms with Crippen molar-refractivity contribution in [1.82, 2.24) is 0 Å². The van der Waals surface area contributed by atoms with E-state index in [0.717, 1.165) is 5.56 Å². The van der Waals surface area contributed by atoms with Gasteiger partial charge >= 0.3 is 0 Å². The van der Waals surface area contributed by atoms with Crippen LogP contribution in [0.25, 0.3) is 0 Å². The van der Waals surface area contributed by atoms with E-state index < -0.39 is 0 Å². The lowest BCUT2D eigenvalue weighted by molar-refractivity contribution is -0.119. The van der Waals surface area contributed by atoms with Gasteiger partial charge in [0.2, 0.25) is 0 Å². The number of ether oxygens (including phenoxy) is 1. The van der Waals surface area contributed by atoms with Crippen LogP contribution in [0.3, 0.4) is 0 Å². The Morgan fingerprint density at radius 3 is 2.67 bits per heavy atom. The van der Waals surface area contributed by atoms with Gasteiger partial charge in [0.15, 0.2) is 5.78 Å². The van der Waals surface area contributed by atoms with Crippen LogP contribution in [0.15, 0.2) is 30.3 Å². The molecule has 0 amide bonds. The first-order valence-corrected chi connectivity index (χ1v) is 4.04. The predicted molar refractivity (Wildman–Crippen MR) is 44.9 cm³/mol. The fourth-order valence-electron chi connectivity index (χ4n) is 1.14. The monoisotopic (exact) mass is 162 g/mol. The average Bonchev–Trinajstić information content (AvgIpc) is 2.88. The molecular weight excluding hydrogens is 152 g/mol. The summed E-state index contributed by atoms with van der Waals surface area (Å²) in [5.74, 6) is 0.196. The van der Waals surface area contributed by atoms with Gasteiger partial charge in [0.25, 0.3) is 0 Å². The molecule has 2 nitrogen and oxygen atoms in total. The number of epoxide rings is 1. The smallest absolute Gasteiger partial charge is 0.168 e. The van der Waals surface area contributed by atoms with E-state index >= 15 is 0 Å². The Morgan fingerprint density at radius 2 is 2.08 bits per heavy atom. The van der Waals surface area contributed by atoms with E-state index in [1.54, 1.807) is 0 Å². The van der Waals surface area contributed by atoms with Gasteiger partial charge in [-0.05, 0) is 5.56 Å². The third-order valence-corrected chi connectivity index (χ3v) is 1.91. The lowest BCUT2D eigenvalue weighted by atomic mass is 10.1. The fourth-order valence-corrected chi connectivity index (χ4v) is 1.14. The standard InChI is InChI=1S/C10H10O2/c11-9(10-7-12-10)6-8-4-2-1-3-5-8/h1-5,10H,6-7H2/t10-/m0/s1. The van der Waals surface area contributed by atoms with Crippen LogP contribution in [-0.2, 0) is 16.0 Å². The highest BCUT2D eigenvalue weighted by Gasteiger charge is 2.30. The summed E-state index contributed by atoms with van der Waals surface area (Å²) in [5, 5.41) is 0. The quantitative estimate of drug-likeness (QED) is 0.625. The SMILES string of the molecule is O=C(Cc1ccccc1)[C@@H]1CO1. The Bertz CT molecular complexity index is 275. The number of ketones is 1. The van der Waals surface area contributed by atoms with Crippen molar-refractivity contribution in [2.75, 3.05) is 6.61 Å². The third-order valence-electron chi connectivity index (χ3n) is 1.91. The topological polar surface area (TPSA) is 29.6 Å². The Labute approximate surface area is 71.2 Å². The fraction of sp³-hybridized carbons (Fsp3) is 0.300. The highest BCUT2D eigenvalue weighted by Crippen LogP contribution is 2.13. The van der Waals surface area contributed by atoms with Gasteiger partial charge in [-0.25, -0.2) is 0 Å². The zero-order valence-electron chi connectivity index (χ0n) is 6.69. The number of benzene rings is 1. The first-order chi connectivity index (χ1) is 5.86. The Hall–Kier alpha value is -1.15. The summed E-state index contributed by atoms with van der Waals surface area (Å²) in [4.78, 5) is 11.2. The maximum atomic E-state index is 11.2. The third kappa shape index (κ3) is 1.71. The molecule has 1 heterocycles. The Morgan fingerprint density at radius 1 is 1.42 bits per heavy atom. The van der Waals surface area contributed by atoms with Crippen LogP contribution in [0.4, 0.5) is 0 Å². The van der Waals surface area contributed by atoms with E-state index in [9.17, 15) is 4.79 Å². The van der Waals surface area contributed by atoms with Crippen LogP contribution in [0.1, 0.15) is 5.56 Å². The van der Waals surface area contributed by atoms with E-state index in [-0.39, 0.29) is 11.9 Å². The molecule has 0 saturated carbocycles. The van der Waals surface area contributed by atoms with Gasteiger partial charge in [-0.15, -0.1) is 0 Å². The second-order valence-electron chi connectivity index (χ2n) is 2.95. The van der Waals surface area contributed by atoms with Crippen molar-refractivity contribution in [3.8, 4) is 0 Å². The molecule has 0 aliphatic carbocycles. The molecule has 1 atom stereocenters. The molecule has 62 valence electrons. The van der Waals surface area contributed by atoms with E-state index in [1.165, 1.54) is 0 Å². The summed E-state index contributed by atoms with van der Waals surface area (Å²) in [6.45, 7) is 0.617. The van der Waals surface area contributed by atoms with Crippen LogP contribution >= 0.6 is 0 Å². The van der Waals surface area contributed by atoms with Crippen LogP contribution in [0.2, 0.25) is 0 Å². The van der Waals surface area contributed by atoms with Crippen molar-refractivity contribution < 1.29 is 9.53 Å². The van der Waals surface area contributed by atoms with Gasteiger partial charge in [0.1, 0.15) is 6.10 Å². The lowest BCUT2D eigenvalue weighted by Gasteiger charge is -1.96. The first kappa shape index (κ1) is 7.50. The van der Waals surface area contributed by atoms with Crippen LogP contribution < -0.4 is 0 Å². The molecule has 1 fully saturated rings. The minimum atomic E-state index is -0.106. The number of carbonyl (C=O) groups excluding carboxylic acids is 1. The molecule has 0 unspecified atom stereocenters. The van der Waals surface area contributed by atoms with Gasteiger partial charge in [-0.1, -0.05) is 30.3 Å². The van der Waals surface area contributed by atoms with E-state index in [2.05, 4.69) is 0 Å². The van der Waals surface area contributed by atoms with Crippen LogP contribution in [0, 0.1) is 0 Å². The summed E-state index contributed by atoms with van der Waals surface area (Å²) < 4.78 is 4.89. The molecule has 1 aromatic rings. The van der Waals surface area contributed by atoms with Crippen molar-refractivity contribution in [1.29, 1.82) is 0 Å². The highest BCUT2D eigenvalue weighted by molar-refractivity contribution is 5.87. The summed E-state index contributed by atoms with van der Waals surface area (Å²) >= 11 is 0. The molecule has 1 aliphatic rings. The molecule has 1 saturated heterocycles. The predicted octanol–water partition coefficient (Wildman–Crippen LogP) is 1.20. The maximum absolute atomic E-state index is 11.2. The highest BCUT2D eigenvalue weighted by atomic mass is 16.6. The van der Waals surface area contributed by atoms with Crippen molar-refractivity contribution in [3.05, 3.63) is 35.9 Å². The molecule has 0 spiro atoms. The van der Waals surface area contributed by atoms with Gasteiger partial charge < -0.3 is 4.74 Å². The van der Waals surface area contributed by atoms with Gasteiger partial charge in [0.05, 0.1) is 6.61 Å². The first-order valence-electron chi connectivity index (χ1n) is 4.04. The van der Waals surface area contributed by atoms with Gasteiger partial charge in [-0.2, -0.15) is 0 Å². The Balaban J connectivity index is 1.98. The zero-order chi connectivity index (χ0) is 8.39. The van der Waals surface area contributed by atoms with Crippen molar-refractivity contribution in [2.45, 2.75) is 12.5 Å². The molecule has 0 N–H and O–H groups in total. The average molecular weight is 162 g/mol. The van der Waals surface area contributed by atoms with E-state index in [1.807, 2.05) is 30.3 Å². The normalized spacial score (nSPS) is 20.5. The van der Waals surface area contributed by atoms with Crippen molar-refractivity contribution in [2.24, 2.45) is 0 Å². The van der Waals surface area contributed by atoms with Gasteiger partial charge in [0, 0.05) is 6.42 Å². The van der Waals surface area contributed by atoms with E-state index in [0.29, 0.717) is 13.0 Å². The minimum absolute atomic E-state index is 0.106. The summed E-state index contributed by atoms with van der Waals surface area (Å²) in [7, 11) is 0. The molecule has 1 aliphatic heterocycles. The molecule has 2 rings (SSSR count). The lowest BCUT2D eigenvalue weighted by Crippen LogP contribution is -2.09. The van der Waals surface area contributed by atoms with Crippen LogP contribution in [-0.4, -0.2) is 18.5 Å². The van der Waals surface area contributed by atoms with Crippen molar-refractivity contribution >= 4 is 5.78 Å².